The maximum absolute atomic E-state index is 12.8. The number of primary amides is 1. The molecule has 3 N–H and O–H groups in total. The van der Waals surface area contributed by atoms with Gasteiger partial charge in [-0.15, -0.1) is 10.2 Å². The molecule has 1 aromatic carbocycles. The Morgan fingerprint density at radius 3 is 2.65 bits per heavy atom. The lowest BCUT2D eigenvalue weighted by Gasteiger charge is -2.13. The Bertz CT molecular complexity index is 584. The molecular formula is C13H15FN4OS. The minimum Gasteiger partial charge on any atom is -0.369 e. The molecule has 2 aromatic rings. The summed E-state index contributed by atoms with van der Waals surface area (Å²) in [4.78, 5) is 11.5. The van der Waals surface area contributed by atoms with E-state index in [4.69, 9.17) is 5.73 Å². The first-order chi connectivity index (χ1) is 9.54. The zero-order valence-electron chi connectivity index (χ0n) is 11.0. The molecule has 1 atom stereocenters. The van der Waals surface area contributed by atoms with Crippen LogP contribution in [0.1, 0.15) is 10.6 Å². The summed E-state index contributed by atoms with van der Waals surface area (Å²) in [5.41, 5.74) is 6.26. The number of carbonyl (C=O) groups excluding carboxylic acids is 1. The first-order valence-electron chi connectivity index (χ1n) is 6.12. The van der Waals surface area contributed by atoms with Crippen LogP contribution in [0.25, 0.3) is 0 Å². The number of amides is 1. The Morgan fingerprint density at radius 2 is 2.10 bits per heavy atom. The van der Waals surface area contributed by atoms with Crippen molar-refractivity contribution in [3.05, 3.63) is 40.7 Å². The van der Waals surface area contributed by atoms with Crippen LogP contribution in [0.15, 0.2) is 24.3 Å². The number of nitrogens with one attached hydrogen (secondary N) is 1. The van der Waals surface area contributed by atoms with E-state index in [0.717, 1.165) is 10.6 Å². The van der Waals surface area contributed by atoms with Gasteiger partial charge >= 0.3 is 0 Å². The van der Waals surface area contributed by atoms with Crippen LogP contribution in [0.2, 0.25) is 0 Å². The molecular weight excluding hydrogens is 279 g/mol. The number of aryl methyl sites for hydroxylation is 1. The molecule has 1 unspecified atom stereocenters. The number of halogens is 1. The van der Waals surface area contributed by atoms with Gasteiger partial charge in [0, 0.05) is 6.54 Å². The average Bonchev–Trinajstić information content (AvgIpc) is 2.82. The zero-order valence-corrected chi connectivity index (χ0v) is 11.8. The fraction of sp³-hybridized carbons (Fsp3) is 0.308. The number of nitrogens with two attached hydrogens (primary N) is 1. The predicted octanol–water partition coefficient (Wildman–Crippen LogP) is 1.74. The van der Waals surface area contributed by atoms with E-state index in [-0.39, 0.29) is 11.7 Å². The summed E-state index contributed by atoms with van der Waals surface area (Å²) in [6.07, 6.45) is 0.459. The SMILES string of the molecule is Cc1nnc(NCC(Cc2ccc(F)cc2)C(N)=O)s1. The van der Waals surface area contributed by atoms with E-state index >= 15 is 0 Å². The molecule has 1 amide bonds. The Balaban J connectivity index is 1.96. The molecule has 106 valence electrons. The summed E-state index contributed by atoms with van der Waals surface area (Å²) < 4.78 is 12.8. The number of hydrogen-bond acceptors (Lipinski definition) is 5. The van der Waals surface area contributed by atoms with Crippen molar-refractivity contribution in [1.29, 1.82) is 0 Å². The third-order valence-corrected chi connectivity index (χ3v) is 3.62. The van der Waals surface area contributed by atoms with Crippen molar-refractivity contribution < 1.29 is 9.18 Å². The number of aromatic nitrogens is 2. The first-order valence-corrected chi connectivity index (χ1v) is 6.94. The molecule has 20 heavy (non-hydrogen) atoms. The smallest absolute Gasteiger partial charge is 0.222 e. The molecule has 0 aliphatic rings. The highest BCUT2D eigenvalue weighted by Crippen LogP contribution is 2.16. The van der Waals surface area contributed by atoms with E-state index in [1.54, 1.807) is 12.1 Å². The van der Waals surface area contributed by atoms with E-state index in [1.807, 2.05) is 6.92 Å². The quantitative estimate of drug-likeness (QED) is 0.850. The highest BCUT2D eigenvalue weighted by molar-refractivity contribution is 7.15. The van der Waals surface area contributed by atoms with E-state index < -0.39 is 5.91 Å². The van der Waals surface area contributed by atoms with Crippen LogP contribution in [0.3, 0.4) is 0 Å². The van der Waals surface area contributed by atoms with Crippen LogP contribution < -0.4 is 11.1 Å². The van der Waals surface area contributed by atoms with Crippen LogP contribution in [-0.4, -0.2) is 22.6 Å². The van der Waals surface area contributed by atoms with Crippen LogP contribution in [0.4, 0.5) is 9.52 Å². The van der Waals surface area contributed by atoms with Crippen molar-refractivity contribution in [3.63, 3.8) is 0 Å². The lowest BCUT2D eigenvalue weighted by Crippen LogP contribution is -2.31. The number of hydrogen-bond donors (Lipinski definition) is 2. The molecule has 0 fully saturated rings. The minimum absolute atomic E-state index is 0.299. The lowest BCUT2D eigenvalue weighted by molar-refractivity contribution is -0.121. The molecule has 0 aliphatic carbocycles. The summed E-state index contributed by atoms with van der Waals surface area (Å²) in [5.74, 6) is -1.08. The zero-order chi connectivity index (χ0) is 14.5. The molecule has 1 heterocycles. The van der Waals surface area contributed by atoms with Crippen molar-refractivity contribution in [2.75, 3.05) is 11.9 Å². The molecule has 5 nitrogen and oxygen atoms in total. The van der Waals surface area contributed by atoms with Gasteiger partial charge in [-0.3, -0.25) is 4.79 Å². The highest BCUT2D eigenvalue weighted by Gasteiger charge is 2.16. The second-order valence-corrected chi connectivity index (χ2v) is 5.62. The molecule has 0 saturated heterocycles. The van der Waals surface area contributed by atoms with Crippen molar-refractivity contribution in [3.8, 4) is 0 Å². The Kier molecular flexibility index (Phi) is 4.62. The van der Waals surface area contributed by atoms with Crippen LogP contribution in [0.5, 0.6) is 0 Å². The van der Waals surface area contributed by atoms with Crippen molar-refractivity contribution >= 4 is 22.4 Å². The summed E-state index contributed by atoms with van der Waals surface area (Å²) in [6, 6.07) is 6.05. The molecule has 0 aliphatic heterocycles. The third-order valence-electron chi connectivity index (χ3n) is 2.82. The number of nitrogens with zero attached hydrogens (tertiary/aromatic N) is 2. The van der Waals surface area contributed by atoms with Crippen molar-refractivity contribution in [1.82, 2.24) is 10.2 Å². The Hall–Kier alpha value is -2.02. The normalized spacial score (nSPS) is 12.1. The van der Waals surface area contributed by atoms with E-state index in [1.165, 1.54) is 23.5 Å². The predicted molar refractivity (Wildman–Crippen MR) is 75.9 cm³/mol. The molecule has 7 heteroatoms. The maximum atomic E-state index is 12.8. The number of benzene rings is 1. The van der Waals surface area contributed by atoms with Gasteiger partial charge in [0.15, 0.2) is 0 Å². The third kappa shape index (κ3) is 3.99. The van der Waals surface area contributed by atoms with Gasteiger partial charge in [-0.05, 0) is 31.0 Å². The first kappa shape index (κ1) is 14.4. The number of anilines is 1. The van der Waals surface area contributed by atoms with E-state index in [9.17, 15) is 9.18 Å². The molecule has 0 saturated carbocycles. The standard InChI is InChI=1S/C13H15FN4OS/c1-8-17-18-13(20-8)16-7-10(12(15)19)6-9-2-4-11(14)5-3-9/h2-5,10H,6-7H2,1H3,(H2,15,19)(H,16,18). The van der Waals surface area contributed by atoms with Crippen LogP contribution >= 0.6 is 11.3 Å². The largest absolute Gasteiger partial charge is 0.369 e. The number of carbonyl (C=O) groups is 1. The second-order valence-electron chi connectivity index (χ2n) is 4.44. The van der Waals surface area contributed by atoms with E-state index in [0.29, 0.717) is 18.1 Å². The summed E-state index contributed by atoms with van der Waals surface area (Å²) in [6.45, 7) is 2.23. The summed E-state index contributed by atoms with van der Waals surface area (Å²) in [7, 11) is 0. The van der Waals surface area contributed by atoms with E-state index in [2.05, 4.69) is 15.5 Å². The van der Waals surface area contributed by atoms with Gasteiger partial charge in [0.05, 0.1) is 5.92 Å². The van der Waals surface area contributed by atoms with Crippen molar-refractivity contribution in [2.24, 2.45) is 11.7 Å². The van der Waals surface area contributed by atoms with Gasteiger partial charge in [0.1, 0.15) is 10.8 Å². The van der Waals surface area contributed by atoms with Gasteiger partial charge in [-0.25, -0.2) is 4.39 Å². The molecule has 0 radical (unpaired) electrons. The monoisotopic (exact) mass is 294 g/mol. The Labute approximate surface area is 120 Å². The fourth-order valence-electron chi connectivity index (χ4n) is 1.76. The highest BCUT2D eigenvalue weighted by atomic mass is 32.1. The summed E-state index contributed by atoms with van der Waals surface area (Å²) in [5, 5.41) is 12.4. The van der Waals surface area contributed by atoms with Crippen LogP contribution in [-0.2, 0) is 11.2 Å². The summed E-state index contributed by atoms with van der Waals surface area (Å²) >= 11 is 1.41. The fourth-order valence-corrected chi connectivity index (χ4v) is 2.36. The average molecular weight is 294 g/mol. The topological polar surface area (TPSA) is 80.9 Å². The number of rotatable bonds is 6. The molecule has 0 bridgehead atoms. The minimum atomic E-state index is -0.400. The Morgan fingerprint density at radius 1 is 1.40 bits per heavy atom. The van der Waals surface area contributed by atoms with Gasteiger partial charge in [-0.1, -0.05) is 23.5 Å². The molecule has 2 rings (SSSR count). The van der Waals surface area contributed by atoms with Gasteiger partial charge in [0.25, 0.3) is 0 Å². The molecule has 0 spiro atoms. The lowest BCUT2D eigenvalue weighted by atomic mass is 9.99. The molecule has 1 aromatic heterocycles. The van der Waals surface area contributed by atoms with Crippen molar-refractivity contribution in [2.45, 2.75) is 13.3 Å². The van der Waals surface area contributed by atoms with Gasteiger partial charge in [0.2, 0.25) is 11.0 Å². The van der Waals surface area contributed by atoms with Crippen LogP contribution in [0, 0.1) is 18.7 Å². The maximum Gasteiger partial charge on any atom is 0.222 e. The van der Waals surface area contributed by atoms with Gasteiger partial charge < -0.3 is 11.1 Å². The van der Waals surface area contributed by atoms with Gasteiger partial charge in [-0.2, -0.15) is 0 Å². The second kappa shape index (κ2) is 6.42.